The van der Waals surface area contributed by atoms with Crippen molar-refractivity contribution in [3.63, 3.8) is 0 Å². The Bertz CT molecular complexity index is 2040. The van der Waals surface area contributed by atoms with Crippen LogP contribution in [0.1, 0.15) is 65.3 Å². The summed E-state index contributed by atoms with van der Waals surface area (Å²) in [7, 11) is 1.57. The number of para-hydroxylation sites is 1. The molecule has 3 aromatic carbocycles. The Labute approximate surface area is 310 Å². The van der Waals surface area contributed by atoms with Crippen molar-refractivity contribution < 1.29 is 23.8 Å². The molecule has 0 spiro atoms. The number of benzene rings is 3. The number of Topliss-reactive ketones (excluding diaryl/α,β-unsaturated/α-hetero) is 1. The standard InChI is InChI=1S/C42H48N4O5S/c1-9-50-40(48)42(6,7)24-36-39(52-41(3,4)5)31-23-30(51-38(26(2)47)34-22-29-12-10-11-13-32(29)43-34)18-20-35(31)46(36)25-27-14-16-28(17-15-27)33-19-21-37(49-8)45-44-33/h10-21,23,34,38,43H,9,22,24-25H2,1-8H3/t34?,38-/m1/s1. The van der Waals surface area contributed by atoms with Gasteiger partial charge in [0.05, 0.1) is 30.9 Å². The van der Waals surface area contributed by atoms with Gasteiger partial charge >= 0.3 is 5.97 Å². The van der Waals surface area contributed by atoms with Crippen LogP contribution in [-0.4, -0.2) is 57.1 Å². The third-order valence-corrected chi connectivity index (χ3v) is 10.5. The van der Waals surface area contributed by atoms with E-state index in [9.17, 15) is 9.59 Å². The van der Waals surface area contributed by atoms with Crippen molar-refractivity contribution in [2.75, 3.05) is 19.0 Å². The van der Waals surface area contributed by atoms with Gasteiger partial charge in [-0.25, -0.2) is 0 Å². The van der Waals surface area contributed by atoms with E-state index >= 15 is 0 Å². The first-order chi connectivity index (χ1) is 24.8. The molecule has 1 N–H and O–H groups in total. The van der Waals surface area contributed by atoms with Crippen molar-refractivity contribution in [3.8, 4) is 22.9 Å². The van der Waals surface area contributed by atoms with Crippen LogP contribution in [0.4, 0.5) is 5.69 Å². The average molecular weight is 721 g/mol. The molecule has 0 saturated heterocycles. The molecular weight excluding hydrogens is 673 g/mol. The van der Waals surface area contributed by atoms with Gasteiger partial charge in [0.1, 0.15) is 5.75 Å². The lowest BCUT2D eigenvalue weighted by Gasteiger charge is -2.26. The molecule has 0 bridgehead atoms. The SMILES string of the molecule is CCOC(=O)C(C)(C)Cc1c(SC(C)(C)C)c2cc(O[C@H](C(C)=O)C3Cc4ccccc4N3)ccc2n1Cc1ccc(-c2ccc(OC)nn2)cc1. The lowest BCUT2D eigenvalue weighted by atomic mass is 9.87. The molecule has 1 aliphatic rings. The fourth-order valence-corrected chi connectivity index (χ4v) is 7.86. The number of carbonyl (C=O) groups excluding carboxylic acids is 2. The molecule has 1 unspecified atom stereocenters. The second-order valence-corrected chi connectivity index (χ2v) is 16.8. The first-order valence-electron chi connectivity index (χ1n) is 17.8. The number of esters is 1. The van der Waals surface area contributed by atoms with Crippen LogP contribution in [0.2, 0.25) is 0 Å². The second kappa shape index (κ2) is 15.0. The van der Waals surface area contributed by atoms with Gasteiger partial charge < -0.3 is 24.1 Å². The van der Waals surface area contributed by atoms with E-state index in [2.05, 4.69) is 71.2 Å². The molecule has 0 amide bonds. The lowest BCUT2D eigenvalue weighted by molar-refractivity contribution is -0.153. The minimum absolute atomic E-state index is 0.0341. The van der Waals surface area contributed by atoms with Gasteiger partial charge in [0.25, 0.3) is 0 Å². The third kappa shape index (κ3) is 8.12. The number of hydrogen-bond acceptors (Lipinski definition) is 9. The van der Waals surface area contributed by atoms with E-state index in [-0.39, 0.29) is 22.5 Å². The van der Waals surface area contributed by atoms with Gasteiger partial charge in [0, 0.05) is 56.5 Å². The first kappa shape index (κ1) is 36.9. The van der Waals surface area contributed by atoms with Crippen LogP contribution in [0.3, 0.4) is 0 Å². The van der Waals surface area contributed by atoms with Gasteiger partial charge in [-0.05, 0) is 75.6 Å². The van der Waals surface area contributed by atoms with Gasteiger partial charge in [-0.15, -0.1) is 22.0 Å². The summed E-state index contributed by atoms with van der Waals surface area (Å²) in [5.41, 5.74) is 6.30. The molecule has 0 aliphatic carbocycles. The summed E-state index contributed by atoms with van der Waals surface area (Å²) in [4.78, 5) is 27.4. The minimum Gasteiger partial charge on any atom is -0.480 e. The lowest BCUT2D eigenvalue weighted by Crippen LogP contribution is -2.41. The van der Waals surface area contributed by atoms with Crippen LogP contribution in [0.25, 0.3) is 22.2 Å². The Balaban J connectivity index is 1.41. The van der Waals surface area contributed by atoms with E-state index in [0.717, 1.165) is 44.0 Å². The first-order valence-corrected chi connectivity index (χ1v) is 18.6. The number of rotatable bonds is 13. The van der Waals surface area contributed by atoms with Crippen LogP contribution in [0, 0.1) is 5.41 Å². The van der Waals surface area contributed by atoms with E-state index in [0.29, 0.717) is 37.6 Å². The Morgan fingerprint density at radius 2 is 1.73 bits per heavy atom. The predicted molar refractivity (Wildman–Crippen MR) is 207 cm³/mol. The number of ketones is 1. The van der Waals surface area contributed by atoms with Gasteiger partial charge in [0.2, 0.25) is 5.88 Å². The van der Waals surface area contributed by atoms with E-state index in [1.807, 2.05) is 63.2 Å². The van der Waals surface area contributed by atoms with Crippen LogP contribution >= 0.6 is 11.8 Å². The second-order valence-electron chi connectivity index (χ2n) is 15.0. The zero-order valence-corrected chi connectivity index (χ0v) is 32.1. The van der Waals surface area contributed by atoms with Crippen molar-refractivity contribution in [1.82, 2.24) is 14.8 Å². The maximum atomic E-state index is 13.3. The summed E-state index contributed by atoms with van der Waals surface area (Å²) in [5, 5.41) is 13.0. The maximum absolute atomic E-state index is 13.3. The number of hydrogen-bond donors (Lipinski definition) is 1. The molecule has 52 heavy (non-hydrogen) atoms. The highest BCUT2D eigenvalue weighted by Gasteiger charge is 2.35. The largest absolute Gasteiger partial charge is 0.480 e. The Morgan fingerprint density at radius 1 is 0.981 bits per heavy atom. The van der Waals surface area contributed by atoms with Crippen molar-refractivity contribution >= 4 is 40.1 Å². The van der Waals surface area contributed by atoms with Gasteiger partial charge in [-0.2, -0.15) is 0 Å². The number of ether oxygens (including phenoxy) is 3. The minimum atomic E-state index is -0.783. The van der Waals surface area contributed by atoms with Crippen molar-refractivity contribution in [2.24, 2.45) is 5.41 Å². The smallest absolute Gasteiger partial charge is 0.311 e. The number of fused-ring (bicyclic) bond motifs is 2. The van der Waals surface area contributed by atoms with Gasteiger partial charge in [0.15, 0.2) is 11.9 Å². The van der Waals surface area contributed by atoms with Crippen molar-refractivity contribution in [2.45, 2.75) is 89.6 Å². The van der Waals surface area contributed by atoms with E-state index in [1.54, 1.807) is 31.9 Å². The van der Waals surface area contributed by atoms with Crippen LogP contribution in [0.5, 0.6) is 11.6 Å². The molecule has 2 atom stereocenters. The summed E-state index contributed by atoms with van der Waals surface area (Å²) < 4.78 is 19.5. The average Bonchev–Trinajstić information content (AvgIpc) is 3.65. The molecule has 272 valence electrons. The fraction of sp³-hybridized carbons (Fsp3) is 0.381. The molecule has 2 aromatic heterocycles. The number of thioether (sulfide) groups is 1. The Hall–Kier alpha value is -4.83. The highest BCUT2D eigenvalue weighted by Crippen LogP contribution is 2.44. The molecule has 5 aromatic rings. The number of aromatic nitrogens is 3. The summed E-state index contributed by atoms with van der Waals surface area (Å²) in [6, 6.07) is 26.1. The fourth-order valence-electron chi connectivity index (χ4n) is 6.67. The molecule has 1 aliphatic heterocycles. The predicted octanol–water partition coefficient (Wildman–Crippen LogP) is 8.55. The molecule has 6 rings (SSSR count). The maximum Gasteiger partial charge on any atom is 0.311 e. The number of nitrogens with zero attached hydrogens (tertiary/aromatic N) is 3. The summed E-state index contributed by atoms with van der Waals surface area (Å²) in [5.74, 6) is 0.822. The van der Waals surface area contributed by atoms with Crippen LogP contribution in [0.15, 0.2) is 83.8 Å². The normalized spacial score (nSPS) is 14.8. The zero-order chi connectivity index (χ0) is 37.2. The van der Waals surface area contributed by atoms with Gasteiger partial charge in [-0.3, -0.25) is 9.59 Å². The number of nitrogens with one attached hydrogen (secondary N) is 1. The van der Waals surface area contributed by atoms with Crippen LogP contribution < -0.4 is 14.8 Å². The zero-order valence-electron chi connectivity index (χ0n) is 31.3. The molecule has 3 heterocycles. The van der Waals surface area contributed by atoms with Crippen molar-refractivity contribution in [3.05, 3.63) is 95.7 Å². The molecule has 0 radical (unpaired) electrons. The molecular formula is C42H48N4O5S. The molecule has 0 fully saturated rings. The number of methoxy groups -OCH3 is 1. The number of anilines is 1. The summed E-state index contributed by atoms with van der Waals surface area (Å²) >= 11 is 1.77. The van der Waals surface area contributed by atoms with Crippen molar-refractivity contribution in [1.29, 1.82) is 0 Å². The molecule has 9 nitrogen and oxygen atoms in total. The Morgan fingerprint density at radius 3 is 2.37 bits per heavy atom. The number of carbonyl (C=O) groups is 2. The highest BCUT2D eigenvalue weighted by molar-refractivity contribution is 8.00. The summed E-state index contributed by atoms with van der Waals surface area (Å²) in [6.45, 7) is 14.8. The summed E-state index contributed by atoms with van der Waals surface area (Å²) in [6.07, 6.45) is 0.512. The molecule has 0 saturated carbocycles. The quantitative estimate of drug-likeness (QED) is 0.0947. The van der Waals surface area contributed by atoms with Crippen LogP contribution in [-0.2, 0) is 33.7 Å². The molecule has 10 heteroatoms. The van der Waals surface area contributed by atoms with E-state index in [4.69, 9.17) is 14.2 Å². The monoisotopic (exact) mass is 720 g/mol. The van der Waals surface area contributed by atoms with Gasteiger partial charge in [-0.1, -0.05) is 63.2 Å². The Kier molecular flexibility index (Phi) is 10.7. The van der Waals surface area contributed by atoms with E-state index < -0.39 is 11.5 Å². The highest BCUT2D eigenvalue weighted by atomic mass is 32.2. The van der Waals surface area contributed by atoms with E-state index in [1.165, 1.54) is 5.56 Å². The topological polar surface area (TPSA) is 105 Å². The third-order valence-electron chi connectivity index (χ3n) is 9.20.